The van der Waals surface area contributed by atoms with E-state index in [1.165, 1.54) is 13.2 Å². The predicted molar refractivity (Wildman–Crippen MR) is 105 cm³/mol. The van der Waals surface area contributed by atoms with E-state index < -0.39 is 0 Å². The smallest absolute Gasteiger partial charge is 0.337 e. The van der Waals surface area contributed by atoms with E-state index in [-0.39, 0.29) is 11.9 Å². The minimum atomic E-state index is -0.383. The maximum Gasteiger partial charge on any atom is 0.337 e. The van der Waals surface area contributed by atoms with E-state index in [0.717, 1.165) is 30.0 Å². The fraction of sp³-hybridized carbons (Fsp3) is 0.238. The van der Waals surface area contributed by atoms with Gasteiger partial charge in [-0.2, -0.15) is 0 Å². The zero-order valence-electron chi connectivity index (χ0n) is 15.4. The van der Waals surface area contributed by atoms with Gasteiger partial charge in [0.05, 0.1) is 12.7 Å². The van der Waals surface area contributed by atoms with Crippen LogP contribution < -0.4 is 10.2 Å². The standard InChI is InChI=1S/C21H24N2O3/c1-4-23(5-2)19-13-11-18(12-14-19)22-20(24)15-8-16-6-9-17(10-7-16)21(25)26-3/h6-15H,4-5H2,1-3H3,(H,22,24)/b15-8+. The number of anilines is 2. The quantitative estimate of drug-likeness (QED) is 0.605. The van der Waals surface area contributed by atoms with Crippen LogP contribution in [0.4, 0.5) is 11.4 Å². The molecule has 1 amide bonds. The number of benzene rings is 2. The molecule has 0 saturated heterocycles. The molecule has 1 N–H and O–H groups in total. The van der Waals surface area contributed by atoms with Crippen LogP contribution >= 0.6 is 0 Å². The molecule has 0 saturated carbocycles. The zero-order valence-corrected chi connectivity index (χ0v) is 15.4. The first-order valence-corrected chi connectivity index (χ1v) is 8.59. The van der Waals surface area contributed by atoms with E-state index in [0.29, 0.717) is 5.56 Å². The van der Waals surface area contributed by atoms with E-state index in [2.05, 4.69) is 28.8 Å². The maximum atomic E-state index is 12.1. The molecule has 0 aromatic heterocycles. The van der Waals surface area contributed by atoms with Crippen LogP contribution in [0.2, 0.25) is 0 Å². The first-order valence-electron chi connectivity index (χ1n) is 8.59. The van der Waals surface area contributed by atoms with Crippen LogP contribution in [-0.4, -0.2) is 32.1 Å². The minimum absolute atomic E-state index is 0.211. The van der Waals surface area contributed by atoms with Gasteiger partial charge < -0.3 is 15.0 Å². The second kappa shape index (κ2) is 9.42. The Morgan fingerprint density at radius 3 is 2.15 bits per heavy atom. The highest BCUT2D eigenvalue weighted by Crippen LogP contribution is 2.17. The number of hydrogen-bond donors (Lipinski definition) is 1. The lowest BCUT2D eigenvalue weighted by atomic mass is 10.1. The van der Waals surface area contributed by atoms with Crippen LogP contribution in [0.5, 0.6) is 0 Å². The van der Waals surface area contributed by atoms with Gasteiger partial charge in [-0.05, 0) is 61.9 Å². The Kier molecular flexibility index (Phi) is 6.97. The fourth-order valence-corrected chi connectivity index (χ4v) is 2.55. The van der Waals surface area contributed by atoms with Crippen molar-refractivity contribution in [2.45, 2.75) is 13.8 Å². The largest absolute Gasteiger partial charge is 0.465 e. The summed E-state index contributed by atoms with van der Waals surface area (Å²) in [5.41, 5.74) is 3.18. The minimum Gasteiger partial charge on any atom is -0.465 e. The first-order chi connectivity index (χ1) is 12.6. The van der Waals surface area contributed by atoms with Crippen LogP contribution in [0.15, 0.2) is 54.6 Å². The highest BCUT2D eigenvalue weighted by atomic mass is 16.5. The molecule has 2 aromatic carbocycles. The SMILES string of the molecule is CCN(CC)c1ccc(NC(=O)/C=C/c2ccc(C(=O)OC)cc2)cc1. The highest BCUT2D eigenvalue weighted by Gasteiger charge is 2.04. The van der Waals surface area contributed by atoms with Gasteiger partial charge in [0.15, 0.2) is 0 Å². The Labute approximate surface area is 154 Å². The van der Waals surface area contributed by atoms with Crippen LogP contribution in [0.3, 0.4) is 0 Å². The summed E-state index contributed by atoms with van der Waals surface area (Å²) in [5, 5.41) is 2.83. The number of ether oxygens (including phenoxy) is 1. The molecule has 0 radical (unpaired) electrons. The number of esters is 1. The number of carbonyl (C=O) groups excluding carboxylic acids is 2. The van der Waals surface area contributed by atoms with Crippen molar-refractivity contribution in [3.05, 3.63) is 65.7 Å². The van der Waals surface area contributed by atoms with Crippen molar-refractivity contribution >= 4 is 29.3 Å². The van der Waals surface area contributed by atoms with Gasteiger partial charge in [-0.1, -0.05) is 12.1 Å². The molecule has 5 heteroatoms. The summed E-state index contributed by atoms with van der Waals surface area (Å²) in [4.78, 5) is 25.7. The summed E-state index contributed by atoms with van der Waals surface area (Å²) < 4.78 is 4.65. The summed E-state index contributed by atoms with van der Waals surface area (Å²) in [6.45, 7) is 6.11. The molecular weight excluding hydrogens is 328 g/mol. The molecule has 0 heterocycles. The topological polar surface area (TPSA) is 58.6 Å². The van der Waals surface area contributed by atoms with Crippen molar-refractivity contribution in [2.24, 2.45) is 0 Å². The van der Waals surface area contributed by atoms with Gasteiger partial charge in [0.2, 0.25) is 5.91 Å². The average Bonchev–Trinajstić information content (AvgIpc) is 2.68. The molecule has 0 spiro atoms. The van der Waals surface area contributed by atoms with Crippen molar-refractivity contribution in [3.8, 4) is 0 Å². The summed E-state index contributed by atoms with van der Waals surface area (Å²) in [7, 11) is 1.34. The van der Waals surface area contributed by atoms with Gasteiger partial charge in [-0.25, -0.2) is 4.79 Å². The lowest BCUT2D eigenvalue weighted by Crippen LogP contribution is -2.21. The molecule has 0 fully saturated rings. The third-order valence-corrected chi connectivity index (χ3v) is 4.02. The molecule has 0 bridgehead atoms. The number of amides is 1. The molecule has 2 aromatic rings. The number of methoxy groups -OCH3 is 1. The third kappa shape index (κ3) is 5.21. The molecule has 136 valence electrons. The Balaban J connectivity index is 1.95. The van der Waals surface area contributed by atoms with Crippen molar-refractivity contribution in [2.75, 3.05) is 30.4 Å². The molecule has 0 aliphatic carbocycles. The molecule has 0 atom stereocenters. The summed E-state index contributed by atoms with van der Waals surface area (Å²) in [5.74, 6) is -0.593. The predicted octanol–water partition coefficient (Wildman–Crippen LogP) is 3.97. The van der Waals surface area contributed by atoms with Crippen LogP contribution in [-0.2, 0) is 9.53 Å². The Morgan fingerprint density at radius 2 is 1.62 bits per heavy atom. The highest BCUT2D eigenvalue weighted by molar-refractivity contribution is 6.02. The lowest BCUT2D eigenvalue weighted by Gasteiger charge is -2.21. The van der Waals surface area contributed by atoms with Gasteiger partial charge in [0, 0.05) is 30.5 Å². The Bertz CT molecular complexity index is 761. The second-order valence-electron chi connectivity index (χ2n) is 5.66. The van der Waals surface area contributed by atoms with Crippen molar-refractivity contribution in [1.29, 1.82) is 0 Å². The van der Waals surface area contributed by atoms with E-state index in [1.807, 2.05) is 24.3 Å². The molecule has 0 aliphatic heterocycles. The van der Waals surface area contributed by atoms with E-state index in [9.17, 15) is 9.59 Å². The zero-order chi connectivity index (χ0) is 18.9. The fourth-order valence-electron chi connectivity index (χ4n) is 2.55. The van der Waals surface area contributed by atoms with Gasteiger partial charge in [0.1, 0.15) is 0 Å². The van der Waals surface area contributed by atoms with Gasteiger partial charge in [0.25, 0.3) is 0 Å². The average molecular weight is 352 g/mol. The summed E-state index contributed by atoms with van der Waals surface area (Å²) >= 11 is 0. The number of nitrogens with one attached hydrogen (secondary N) is 1. The molecule has 0 aliphatic rings. The number of hydrogen-bond acceptors (Lipinski definition) is 4. The lowest BCUT2D eigenvalue weighted by molar-refractivity contribution is -0.111. The van der Waals surface area contributed by atoms with Crippen molar-refractivity contribution in [1.82, 2.24) is 0 Å². The monoisotopic (exact) mass is 352 g/mol. The first kappa shape index (κ1) is 19.2. The number of rotatable bonds is 7. The number of carbonyl (C=O) groups is 2. The van der Waals surface area contributed by atoms with Gasteiger partial charge in [-0.3, -0.25) is 4.79 Å². The molecule has 5 nitrogen and oxygen atoms in total. The molecule has 26 heavy (non-hydrogen) atoms. The maximum absolute atomic E-state index is 12.1. The van der Waals surface area contributed by atoms with Gasteiger partial charge >= 0.3 is 5.97 Å². The third-order valence-electron chi connectivity index (χ3n) is 4.02. The number of nitrogens with zero attached hydrogens (tertiary/aromatic N) is 1. The van der Waals surface area contributed by atoms with Gasteiger partial charge in [-0.15, -0.1) is 0 Å². The summed E-state index contributed by atoms with van der Waals surface area (Å²) in [6, 6.07) is 14.6. The second-order valence-corrected chi connectivity index (χ2v) is 5.66. The van der Waals surface area contributed by atoms with E-state index in [1.54, 1.807) is 30.3 Å². The normalized spacial score (nSPS) is 10.6. The Morgan fingerprint density at radius 1 is 1.00 bits per heavy atom. The van der Waals surface area contributed by atoms with Crippen LogP contribution in [0, 0.1) is 0 Å². The van der Waals surface area contributed by atoms with Crippen LogP contribution in [0.1, 0.15) is 29.8 Å². The summed E-state index contributed by atoms with van der Waals surface area (Å²) in [6.07, 6.45) is 3.16. The van der Waals surface area contributed by atoms with Crippen molar-refractivity contribution in [3.63, 3.8) is 0 Å². The van der Waals surface area contributed by atoms with Crippen molar-refractivity contribution < 1.29 is 14.3 Å². The van der Waals surface area contributed by atoms with E-state index >= 15 is 0 Å². The Hall–Kier alpha value is -3.08. The van der Waals surface area contributed by atoms with Crippen LogP contribution in [0.25, 0.3) is 6.08 Å². The molecule has 0 unspecified atom stereocenters. The molecular formula is C21H24N2O3. The van der Waals surface area contributed by atoms with E-state index in [4.69, 9.17) is 0 Å². The molecule has 2 rings (SSSR count).